The summed E-state index contributed by atoms with van der Waals surface area (Å²) in [6.07, 6.45) is 1.59. The van der Waals surface area contributed by atoms with Crippen molar-refractivity contribution in [2.75, 3.05) is 57.5 Å². The topological polar surface area (TPSA) is 86.3 Å². The molecule has 1 aromatic heterocycles. The third-order valence-corrected chi connectivity index (χ3v) is 6.16. The summed E-state index contributed by atoms with van der Waals surface area (Å²) in [4.78, 5) is 26.4. The molecule has 1 amide bonds. The Labute approximate surface area is 224 Å². The number of carbonyl (C=O) groups is 1. The molecule has 0 unspecified atom stereocenters. The van der Waals surface area contributed by atoms with E-state index in [1.165, 1.54) is 0 Å². The lowest BCUT2D eigenvalue weighted by molar-refractivity contribution is 0.0745. The number of piperazine rings is 1. The Bertz CT molecular complexity index is 1180. The SMILES string of the molecule is CCOc1ccc(-c2cc(N3CCN(C(=O)c4cc(OCC)c(OCC)c(OCC)c4)CC3)ncn2)cc1. The monoisotopic (exact) mass is 520 g/mol. The highest BCUT2D eigenvalue weighted by Crippen LogP contribution is 2.39. The molecule has 2 heterocycles. The average molecular weight is 521 g/mol. The summed E-state index contributed by atoms with van der Waals surface area (Å²) in [5, 5.41) is 0. The second kappa shape index (κ2) is 13.0. The molecule has 3 aromatic rings. The maximum Gasteiger partial charge on any atom is 0.254 e. The van der Waals surface area contributed by atoms with E-state index >= 15 is 0 Å². The van der Waals surface area contributed by atoms with E-state index in [1.807, 2.05) is 62.9 Å². The summed E-state index contributed by atoms with van der Waals surface area (Å²) in [5.41, 5.74) is 2.36. The molecule has 1 aliphatic rings. The Morgan fingerprint density at radius 1 is 0.763 bits per heavy atom. The molecule has 9 nitrogen and oxygen atoms in total. The maximum absolute atomic E-state index is 13.5. The summed E-state index contributed by atoms with van der Waals surface area (Å²) in [6.45, 7) is 12.2. The number of hydrogen-bond donors (Lipinski definition) is 0. The van der Waals surface area contributed by atoms with E-state index in [9.17, 15) is 4.79 Å². The van der Waals surface area contributed by atoms with Crippen molar-refractivity contribution >= 4 is 11.7 Å². The van der Waals surface area contributed by atoms with Gasteiger partial charge in [0, 0.05) is 43.4 Å². The number of ether oxygens (including phenoxy) is 4. The van der Waals surface area contributed by atoms with Gasteiger partial charge in [-0.15, -0.1) is 0 Å². The van der Waals surface area contributed by atoms with Crippen molar-refractivity contribution in [3.63, 3.8) is 0 Å². The van der Waals surface area contributed by atoms with Gasteiger partial charge in [-0.05, 0) is 64.1 Å². The van der Waals surface area contributed by atoms with Crippen molar-refractivity contribution in [1.29, 1.82) is 0 Å². The first-order valence-electron chi connectivity index (χ1n) is 13.2. The number of anilines is 1. The van der Waals surface area contributed by atoms with Crippen LogP contribution in [0.2, 0.25) is 0 Å². The summed E-state index contributed by atoms with van der Waals surface area (Å²) in [7, 11) is 0. The van der Waals surface area contributed by atoms with Crippen LogP contribution in [0.1, 0.15) is 38.1 Å². The summed E-state index contributed by atoms with van der Waals surface area (Å²) in [6, 6.07) is 13.4. The van der Waals surface area contributed by atoms with Gasteiger partial charge in [-0.2, -0.15) is 0 Å². The Morgan fingerprint density at radius 3 is 1.95 bits per heavy atom. The molecule has 0 atom stereocenters. The van der Waals surface area contributed by atoms with Crippen LogP contribution in [0, 0.1) is 0 Å². The molecule has 1 fully saturated rings. The molecule has 0 saturated carbocycles. The first-order chi connectivity index (χ1) is 18.6. The van der Waals surface area contributed by atoms with Crippen molar-refractivity contribution in [1.82, 2.24) is 14.9 Å². The first-order valence-corrected chi connectivity index (χ1v) is 13.2. The van der Waals surface area contributed by atoms with Crippen molar-refractivity contribution in [2.24, 2.45) is 0 Å². The molecule has 202 valence electrons. The minimum Gasteiger partial charge on any atom is -0.494 e. The second-order valence-electron chi connectivity index (χ2n) is 8.60. The quantitative estimate of drug-likeness (QED) is 0.360. The molecule has 4 rings (SSSR count). The predicted octanol–water partition coefficient (Wildman–Crippen LogP) is 4.70. The molecule has 1 aliphatic heterocycles. The molecular weight excluding hydrogens is 484 g/mol. The second-order valence-corrected chi connectivity index (χ2v) is 8.60. The molecule has 0 radical (unpaired) electrons. The lowest BCUT2D eigenvalue weighted by Gasteiger charge is -2.35. The van der Waals surface area contributed by atoms with E-state index in [-0.39, 0.29) is 5.91 Å². The van der Waals surface area contributed by atoms with E-state index < -0.39 is 0 Å². The van der Waals surface area contributed by atoms with Crippen LogP contribution in [0.4, 0.5) is 5.82 Å². The molecule has 0 N–H and O–H groups in total. The predicted molar refractivity (Wildman–Crippen MR) is 147 cm³/mol. The van der Waals surface area contributed by atoms with E-state index in [0.717, 1.165) is 22.8 Å². The number of aromatic nitrogens is 2. The fourth-order valence-corrected chi connectivity index (χ4v) is 4.40. The molecule has 1 saturated heterocycles. The summed E-state index contributed by atoms with van der Waals surface area (Å²) >= 11 is 0. The van der Waals surface area contributed by atoms with Crippen LogP contribution < -0.4 is 23.8 Å². The lowest BCUT2D eigenvalue weighted by Crippen LogP contribution is -2.49. The number of hydrogen-bond acceptors (Lipinski definition) is 8. The normalized spacial score (nSPS) is 13.3. The average Bonchev–Trinajstić information content (AvgIpc) is 2.95. The van der Waals surface area contributed by atoms with Crippen LogP contribution in [-0.2, 0) is 0 Å². The number of amides is 1. The Morgan fingerprint density at radius 2 is 1.37 bits per heavy atom. The number of benzene rings is 2. The first kappa shape index (κ1) is 27.0. The van der Waals surface area contributed by atoms with Gasteiger partial charge < -0.3 is 28.7 Å². The van der Waals surface area contributed by atoms with Crippen LogP contribution in [0.3, 0.4) is 0 Å². The van der Waals surface area contributed by atoms with Crippen molar-refractivity contribution in [3.8, 4) is 34.3 Å². The van der Waals surface area contributed by atoms with E-state index in [0.29, 0.717) is 75.4 Å². The highest BCUT2D eigenvalue weighted by Gasteiger charge is 2.26. The zero-order chi connectivity index (χ0) is 26.9. The molecule has 0 aliphatic carbocycles. The molecule has 9 heteroatoms. The van der Waals surface area contributed by atoms with Crippen molar-refractivity contribution in [3.05, 3.63) is 54.4 Å². The molecule has 0 spiro atoms. The van der Waals surface area contributed by atoms with Gasteiger partial charge in [0.2, 0.25) is 5.75 Å². The smallest absolute Gasteiger partial charge is 0.254 e. The molecule has 2 aromatic carbocycles. The van der Waals surface area contributed by atoms with Crippen LogP contribution in [0.5, 0.6) is 23.0 Å². The van der Waals surface area contributed by atoms with Gasteiger partial charge in [0.25, 0.3) is 5.91 Å². The van der Waals surface area contributed by atoms with E-state index in [1.54, 1.807) is 18.5 Å². The zero-order valence-corrected chi connectivity index (χ0v) is 22.6. The Balaban J connectivity index is 1.46. The summed E-state index contributed by atoms with van der Waals surface area (Å²) < 4.78 is 22.9. The number of nitrogens with zero attached hydrogens (tertiary/aromatic N) is 4. The van der Waals surface area contributed by atoms with Gasteiger partial charge >= 0.3 is 0 Å². The highest BCUT2D eigenvalue weighted by molar-refractivity contribution is 5.96. The van der Waals surface area contributed by atoms with Crippen LogP contribution >= 0.6 is 0 Å². The van der Waals surface area contributed by atoms with Gasteiger partial charge in [0.1, 0.15) is 17.9 Å². The largest absolute Gasteiger partial charge is 0.494 e. The van der Waals surface area contributed by atoms with Crippen LogP contribution in [0.15, 0.2) is 48.8 Å². The minimum absolute atomic E-state index is 0.0626. The van der Waals surface area contributed by atoms with Gasteiger partial charge in [0.05, 0.1) is 32.1 Å². The van der Waals surface area contributed by atoms with Crippen LogP contribution in [0.25, 0.3) is 11.3 Å². The third kappa shape index (κ3) is 6.27. The molecule has 0 bridgehead atoms. The molecule has 38 heavy (non-hydrogen) atoms. The number of rotatable bonds is 11. The zero-order valence-electron chi connectivity index (χ0n) is 22.6. The van der Waals surface area contributed by atoms with Gasteiger partial charge in [0.15, 0.2) is 11.5 Å². The third-order valence-electron chi connectivity index (χ3n) is 6.16. The Kier molecular flexibility index (Phi) is 9.24. The fourth-order valence-electron chi connectivity index (χ4n) is 4.40. The van der Waals surface area contributed by atoms with E-state index in [4.69, 9.17) is 18.9 Å². The van der Waals surface area contributed by atoms with Crippen molar-refractivity contribution < 1.29 is 23.7 Å². The number of carbonyl (C=O) groups excluding carboxylic acids is 1. The Hall–Kier alpha value is -4.01. The maximum atomic E-state index is 13.5. The molecular formula is C29H36N4O5. The minimum atomic E-state index is -0.0626. The van der Waals surface area contributed by atoms with Gasteiger partial charge in [-0.1, -0.05) is 0 Å². The van der Waals surface area contributed by atoms with E-state index in [2.05, 4.69) is 14.9 Å². The van der Waals surface area contributed by atoms with Gasteiger partial charge in [-0.25, -0.2) is 9.97 Å². The summed E-state index contributed by atoms with van der Waals surface area (Å²) in [5.74, 6) is 3.18. The van der Waals surface area contributed by atoms with Crippen LogP contribution in [-0.4, -0.2) is 73.4 Å². The highest BCUT2D eigenvalue weighted by atomic mass is 16.5. The lowest BCUT2D eigenvalue weighted by atomic mass is 10.1. The fraction of sp³-hybridized carbons (Fsp3) is 0.414. The standard InChI is InChI=1S/C29H36N4O5/c1-5-35-23-11-9-21(10-12-23)24-19-27(31-20-30-24)32-13-15-33(16-14-32)29(34)22-17-25(36-6-2)28(38-8-4)26(18-22)37-7-3/h9-12,17-20H,5-8,13-16H2,1-4H3. The van der Waals surface area contributed by atoms with Crippen molar-refractivity contribution in [2.45, 2.75) is 27.7 Å². The van der Waals surface area contributed by atoms with Gasteiger partial charge in [-0.3, -0.25) is 4.79 Å².